The third kappa shape index (κ3) is 5.07. The molecule has 6 nitrogen and oxygen atoms in total. The molecular weight excluding hydrogens is 302 g/mol. The van der Waals surface area contributed by atoms with E-state index in [1.807, 2.05) is 38.1 Å². The van der Waals surface area contributed by atoms with Crippen molar-refractivity contribution in [2.24, 2.45) is 0 Å². The lowest BCUT2D eigenvalue weighted by Crippen LogP contribution is -2.31. The summed E-state index contributed by atoms with van der Waals surface area (Å²) in [5.41, 5.74) is 1.05. The number of carbonyl (C=O) groups excluding carboxylic acids is 1. The molecule has 1 aromatic carbocycles. The van der Waals surface area contributed by atoms with Gasteiger partial charge in [-0.25, -0.2) is 0 Å². The monoisotopic (exact) mass is 321 g/mol. The predicted molar refractivity (Wildman–Crippen MR) is 84.1 cm³/mol. The van der Waals surface area contributed by atoms with Crippen LogP contribution in [0.5, 0.6) is 5.75 Å². The van der Waals surface area contributed by atoms with Gasteiger partial charge >= 0.3 is 0 Å². The summed E-state index contributed by atoms with van der Waals surface area (Å²) in [5.74, 6) is 1.55. The van der Waals surface area contributed by atoms with E-state index in [1.165, 1.54) is 11.8 Å². The number of rotatable bonds is 7. The summed E-state index contributed by atoms with van der Waals surface area (Å²) in [6, 6.07) is 7.80. The molecule has 0 aliphatic rings. The maximum Gasteiger partial charge on any atom is 0.277 e. The fourth-order valence-corrected chi connectivity index (χ4v) is 2.37. The van der Waals surface area contributed by atoms with Crippen molar-refractivity contribution in [3.63, 3.8) is 0 Å². The molecule has 2 aromatic rings. The lowest BCUT2D eigenvalue weighted by Gasteiger charge is -2.06. The molecule has 2 rings (SSSR count). The number of ether oxygens (including phenoxy) is 1. The van der Waals surface area contributed by atoms with Gasteiger partial charge in [-0.05, 0) is 31.5 Å². The minimum Gasteiger partial charge on any atom is -0.497 e. The van der Waals surface area contributed by atoms with E-state index in [0.717, 1.165) is 11.3 Å². The lowest BCUT2D eigenvalue weighted by atomic mass is 10.1. The molecule has 0 fully saturated rings. The Morgan fingerprint density at radius 1 is 1.32 bits per heavy atom. The van der Waals surface area contributed by atoms with Crippen LogP contribution in [0.4, 0.5) is 0 Å². The molecule has 0 radical (unpaired) electrons. The highest BCUT2D eigenvalue weighted by Gasteiger charge is 2.10. The fourth-order valence-electron chi connectivity index (χ4n) is 1.78. The number of carbonyl (C=O) groups is 1. The number of aromatic nitrogens is 2. The Kier molecular flexibility index (Phi) is 5.83. The van der Waals surface area contributed by atoms with Gasteiger partial charge in [0.15, 0.2) is 0 Å². The summed E-state index contributed by atoms with van der Waals surface area (Å²) in [5, 5.41) is 11.1. The van der Waals surface area contributed by atoms with Crippen LogP contribution in [0, 0.1) is 0 Å². The molecule has 0 aliphatic heterocycles. The third-order valence-electron chi connectivity index (χ3n) is 2.74. The molecule has 1 amide bonds. The van der Waals surface area contributed by atoms with Crippen molar-refractivity contribution in [3.05, 3.63) is 35.7 Å². The number of hydrogen-bond donors (Lipinski definition) is 1. The van der Waals surface area contributed by atoms with Crippen molar-refractivity contribution in [1.82, 2.24) is 15.5 Å². The van der Waals surface area contributed by atoms with Gasteiger partial charge in [-0.3, -0.25) is 4.79 Å². The van der Waals surface area contributed by atoms with Crippen molar-refractivity contribution in [3.8, 4) is 5.75 Å². The number of hydrogen-bond acceptors (Lipinski definition) is 6. The van der Waals surface area contributed by atoms with Gasteiger partial charge in [-0.1, -0.05) is 23.9 Å². The van der Waals surface area contributed by atoms with Gasteiger partial charge in [0.1, 0.15) is 5.75 Å². The maximum absolute atomic E-state index is 11.6. The Balaban J connectivity index is 1.86. The van der Waals surface area contributed by atoms with E-state index in [4.69, 9.17) is 9.15 Å². The van der Waals surface area contributed by atoms with Crippen molar-refractivity contribution >= 4 is 17.7 Å². The molecule has 0 unspecified atom stereocenters. The van der Waals surface area contributed by atoms with Gasteiger partial charge < -0.3 is 14.5 Å². The summed E-state index contributed by atoms with van der Waals surface area (Å²) in [4.78, 5) is 11.6. The van der Waals surface area contributed by atoms with E-state index in [9.17, 15) is 4.79 Å². The SMILES string of the molecule is COc1ccc(Cc2nnc(SCC(=O)NC(C)C)o2)cc1. The first kappa shape index (κ1) is 16.4. The smallest absolute Gasteiger partial charge is 0.277 e. The predicted octanol–water partition coefficient (Wildman–Crippen LogP) is 2.29. The molecule has 0 bridgehead atoms. The highest BCUT2D eigenvalue weighted by molar-refractivity contribution is 7.99. The van der Waals surface area contributed by atoms with Crippen LogP contribution in [0.25, 0.3) is 0 Å². The minimum atomic E-state index is -0.0464. The molecule has 0 saturated heterocycles. The first-order chi connectivity index (χ1) is 10.6. The summed E-state index contributed by atoms with van der Waals surface area (Å²) in [6.45, 7) is 3.84. The average Bonchev–Trinajstić information content (AvgIpc) is 2.93. The van der Waals surface area contributed by atoms with E-state index in [0.29, 0.717) is 17.5 Å². The molecule has 0 spiro atoms. The standard InChI is InChI=1S/C15H19N3O3S/c1-10(2)16-13(19)9-22-15-18-17-14(21-15)8-11-4-6-12(20-3)7-5-11/h4-7,10H,8-9H2,1-3H3,(H,16,19). The highest BCUT2D eigenvalue weighted by atomic mass is 32.2. The van der Waals surface area contributed by atoms with Gasteiger partial charge in [0.2, 0.25) is 11.8 Å². The second-order valence-electron chi connectivity index (χ2n) is 5.00. The summed E-state index contributed by atoms with van der Waals surface area (Å²) in [7, 11) is 1.63. The molecule has 0 atom stereocenters. The van der Waals surface area contributed by atoms with Crippen LogP contribution in [0.3, 0.4) is 0 Å². The molecule has 22 heavy (non-hydrogen) atoms. The van der Waals surface area contributed by atoms with Crippen LogP contribution in [0.2, 0.25) is 0 Å². The Labute approximate surface area is 133 Å². The molecule has 0 aliphatic carbocycles. The Hall–Kier alpha value is -2.02. The topological polar surface area (TPSA) is 77.2 Å². The van der Waals surface area contributed by atoms with Crippen LogP contribution in [0.1, 0.15) is 25.3 Å². The van der Waals surface area contributed by atoms with E-state index in [1.54, 1.807) is 7.11 Å². The minimum absolute atomic E-state index is 0.0464. The zero-order chi connectivity index (χ0) is 15.9. The number of nitrogens with zero attached hydrogens (tertiary/aromatic N) is 2. The van der Waals surface area contributed by atoms with E-state index < -0.39 is 0 Å². The molecule has 1 N–H and O–H groups in total. The first-order valence-corrected chi connectivity index (χ1v) is 7.93. The zero-order valence-corrected chi connectivity index (χ0v) is 13.6. The van der Waals surface area contributed by atoms with Crippen LogP contribution in [-0.2, 0) is 11.2 Å². The Morgan fingerprint density at radius 2 is 2.05 bits per heavy atom. The second kappa shape index (κ2) is 7.84. The first-order valence-electron chi connectivity index (χ1n) is 6.94. The molecule has 1 heterocycles. The van der Waals surface area contributed by atoms with Crippen molar-refractivity contribution in [2.75, 3.05) is 12.9 Å². The van der Waals surface area contributed by atoms with Crippen LogP contribution in [0.15, 0.2) is 33.9 Å². The van der Waals surface area contributed by atoms with Gasteiger partial charge in [-0.2, -0.15) is 0 Å². The molecule has 1 aromatic heterocycles. The second-order valence-corrected chi connectivity index (χ2v) is 5.92. The lowest BCUT2D eigenvalue weighted by molar-refractivity contribution is -0.119. The number of benzene rings is 1. The molecule has 0 saturated carbocycles. The quantitative estimate of drug-likeness (QED) is 0.788. The van der Waals surface area contributed by atoms with Crippen LogP contribution in [-0.4, -0.2) is 35.0 Å². The van der Waals surface area contributed by atoms with Gasteiger partial charge in [-0.15, -0.1) is 10.2 Å². The summed E-state index contributed by atoms with van der Waals surface area (Å²) >= 11 is 1.24. The molecule has 7 heteroatoms. The van der Waals surface area contributed by atoms with Gasteiger partial charge in [0.25, 0.3) is 5.22 Å². The molecular formula is C15H19N3O3S. The fraction of sp³-hybridized carbons (Fsp3) is 0.400. The van der Waals surface area contributed by atoms with Gasteiger partial charge in [0, 0.05) is 6.04 Å². The van der Waals surface area contributed by atoms with Crippen molar-refractivity contribution < 1.29 is 13.9 Å². The van der Waals surface area contributed by atoms with Gasteiger partial charge in [0.05, 0.1) is 19.3 Å². The number of amides is 1. The van der Waals surface area contributed by atoms with E-state index in [-0.39, 0.29) is 17.7 Å². The van der Waals surface area contributed by atoms with Crippen molar-refractivity contribution in [1.29, 1.82) is 0 Å². The number of nitrogens with one attached hydrogen (secondary N) is 1. The third-order valence-corrected chi connectivity index (χ3v) is 3.56. The Morgan fingerprint density at radius 3 is 2.68 bits per heavy atom. The maximum atomic E-state index is 11.6. The average molecular weight is 321 g/mol. The van der Waals surface area contributed by atoms with E-state index in [2.05, 4.69) is 15.5 Å². The van der Waals surface area contributed by atoms with Crippen LogP contribution >= 0.6 is 11.8 Å². The molecule has 118 valence electrons. The van der Waals surface area contributed by atoms with Crippen molar-refractivity contribution in [2.45, 2.75) is 31.5 Å². The largest absolute Gasteiger partial charge is 0.497 e. The summed E-state index contributed by atoms with van der Waals surface area (Å²) < 4.78 is 10.6. The summed E-state index contributed by atoms with van der Waals surface area (Å²) in [6.07, 6.45) is 0.551. The van der Waals surface area contributed by atoms with E-state index >= 15 is 0 Å². The normalized spacial score (nSPS) is 10.7. The zero-order valence-electron chi connectivity index (χ0n) is 12.8. The number of thioether (sulfide) groups is 1. The van der Waals surface area contributed by atoms with Crippen LogP contribution < -0.4 is 10.1 Å². The Bertz CT molecular complexity index is 611. The highest BCUT2D eigenvalue weighted by Crippen LogP contribution is 2.18. The number of methoxy groups -OCH3 is 1.